The molecule has 0 radical (unpaired) electrons. The molecular weight excluding hydrogens is 386 g/mol. The summed E-state index contributed by atoms with van der Waals surface area (Å²) in [6.45, 7) is 0.859. The number of halogens is 1. The van der Waals surface area contributed by atoms with Gasteiger partial charge in [-0.2, -0.15) is 0 Å². The second-order valence-corrected chi connectivity index (χ2v) is 6.16. The van der Waals surface area contributed by atoms with E-state index in [0.29, 0.717) is 21.8 Å². The molecule has 2 rings (SSSR count). The second kappa shape index (κ2) is 10.1. The summed E-state index contributed by atoms with van der Waals surface area (Å²) < 4.78 is 4.87. The molecule has 3 N–H and O–H groups in total. The van der Waals surface area contributed by atoms with Gasteiger partial charge in [0.1, 0.15) is 0 Å². The zero-order chi connectivity index (χ0) is 20.5. The van der Waals surface area contributed by atoms with Crippen LogP contribution in [0.2, 0.25) is 5.02 Å². The summed E-state index contributed by atoms with van der Waals surface area (Å²) >= 11 is 5.73. The molecule has 0 aliphatic carbocycles. The normalized spacial score (nSPS) is 9.93. The fraction of sp³-hybridized carbons (Fsp3) is 0.158. The van der Waals surface area contributed by atoms with Gasteiger partial charge in [0.05, 0.1) is 6.42 Å². The molecule has 9 heteroatoms. The van der Waals surface area contributed by atoms with E-state index in [1.807, 2.05) is 0 Å². The summed E-state index contributed by atoms with van der Waals surface area (Å²) in [5.74, 6) is -2.01. The predicted molar refractivity (Wildman–Crippen MR) is 102 cm³/mol. The molecule has 0 heterocycles. The first-order chi connectivity index (χ1) is 13.3. The first-order valence-corrected chi connectivity index (χ1v) is 8.58. The van der Waals surface area contributed by atoms with E-state index in [1.54, 1.807) is 36.4 Å². The van der Waals surface area contributed by atoms with E-state index < -0.39 is 24.4 Å². The number of rotatable bonds is 6. The van der Waals surface area contributed by atoms with E-state index in [4.69, 9.17) is 16.3 Å². The molecule has 0 bridgehead atoms. The van der Waals surface area contributed by atoms with E-state index in [9.17, 15) is 19.2 Å². The Morgan fingerprint density at radius 2 is 1.57 bits per heavy atom. The minimum Gasteiger partial charge on any atom is -0.455 e. The highest BCUT2D eigenvalue weighted by molar-refractivity contribution is 6.30. The van der Waals surface area contributed by atoms with Crippen molar-refractivity contribution in [1.29, 1.82) is 0 Å². The van der Waals surface area contributed by atoms with Crippen LogP contribution in [0.5, 0.6) is 0 Å². The average molecular weight is 404 g/mol. The number of hydrogen-bond donors (Lipinski definition) is 3. The first kappa shape index (κ1) is 20.9. The highest BCUT2D eigenvalue weighted by atomic mass is 35.5. The summed E-state index contributed by atoms with van der Waals surface area (Å²) in [6, 6.07) is 12.7. The van der Waals surface area contributed by atoms with Crippen molar-refractivity contribution in [3.8, 4) is 0 Å². The Morgan fingerprint density at radius 3 is 2.18 bits per heavy atom. The van der Waals surface area contributed by atoms with Crippen molar-refractivity contribution in [3.05, 3.63) is 64.7 Å². The van der Waals surface area contributed by atoms with Gasteiger partial charge in [0, 0.05) is 23.2 Å². The van der Waals surface area contributed by atoms with Crippen molar-refractivity contribution < 1.29 is 23.9 Å². The average Bonchev–Trinajstić information content (AvgIpc) is 2.66. The molecule has 2 aromatic carbocycles. The van der Waals surface area contributed by atoms with Gasteiger partial charge in [-0.15, -0.1) is 0 Å². The zero-order valence-corrected chi connectivity index (χ0v) is 15.7. The van der Waals surface area contributed by atoms with Gasteiger partial charge in [0.25, 0.3) is 11.8 Å². The molecule has 0 aliphatic rings. The first-order valence-electron chi connectivity index (χ1n) is 8.20. The van der Waals surface area contributed by atoms with Crippen molar-refractivity contribution in [3.63, 3.8) is 0 Å². The van der Waals surface area contributed by atoms with Gasteiger partial charge in [0.15, 0.2) is 6.61 Å². The maximum Gasteiger partial charge on any atom is 0.310 e. The standard InChI is InChI=1S/C19H18ClN3O5/c1-12(24)21-16-8-2-13(3-9-16)10-18(26)28-11-17(25)22-23-19(27)14-4-6-15(20)7-5-14/h2-9H,10-11H2,1H3,(H,21,24)(H,22,25)(H,23,27). The Balaban J connectivity index is 1.71. The smallest absolute Gasteiger partial charge is 0.310 e. The Hall–Kier alpha value is -3.39. The number of hydrogen-bond acceptors (Lipinski definition) is 5. The highest BCUT2D eigenvalue weighted by Gasteiger charge is 2.11. The third-order valence-corrected chi connectivity index (χ3v) is 3.66. The van der Waals surface area contributed by atoms with Gasteiger partial charge in [-0.25, -0.2) is 0 Å². The molecule has 3 amide bonds. The van der Waals surface area contributed by atoms with Crippen LogP contribution in [-0.2, 0) is 25.5 Å². The van der Waals surface area contributed by atoms with Crippen LogP contribution in [0, 0.1) is 0 Å². The Labute approximate surface area is 166 Å². The number of benzene rings is 2. The van der Waals surface area contributed by atoms with E-state index >= 15 is 0 Å². The monoisotopic (exact) mass is 403 g/mol. The molecule has 0 saturated carbocycles. The number of hydrazine groups is 1. The molecule has 8 nitrogen and oxygen atoms in total. The third kappa shape index (κ3) is 7.08. The number of ether oxygens (including phenoxy) is 1. The number of nitrogens with one attached hydrogen (secondary N) is 3. The number of amides is 3. The summed E-state index contributed by atoms with van der Waals surface area (Å²) in [5, 5.41) is 3.10. The number of anilines is 1. The summed E-state index contributed by atoms with van der Waals surface area (Å²) in [5.41, 5.74) is 5.94. The van der Waals surface area contributed by atoms with Crippen molar-refractivity contribution in [1.82, 2.24) is 10.9 Å². The van der Waals surface area contributed by atoms with E-state index in [-0.39, 0.29) is 12.3 Å². The van der Waals surface area contributed by atoms with Crippen molar-refractivity contribution >= 4 is 41.0 Å². The van der Waals surface area contributed by atoms with Crippen LogP contribution in [0.25, 0.3) is 0 Å². The molecule has 0 atom stereocenters. The molecule has 28 heavy (non-hydrogen) atoms. The van der Waals surface area contributed by atoms with Crippen LogP contribution in [-0.4, -0.2) is 30.3 Å². The van der Waals surface area contributed by atoms with Gasteiger partial charge >= 0.3 is 5.97 Å². The molecule has 0 spiro atoms. The minimum absolute atomic E-state index is 0.0369. The molecule has 2 aromatic rings. The number of carbonyl (C=O) groups excluding carboxylic acids is 4. The van der Waals surface area contributed by atoms with Gasteiger partial charge in [0.2, 0.25) is 5.91 Å². The number of esters is 1. The maximum absolute atomic E-state index is 11.8. The lowest BCUT2D eigenvalue weighted by molar-refractivity contribution is -0.148. The lowest BCUT2D eigenvalue weighted by Crippen LogP contribution is -2.43. The van der Waals surface area contributed by atoms with Crippen LogP contribution in [0.15, 0.2) is 48.5 Å². The van der Waals surface area contributed by atoms with Crippen LogP contribution in [0.3, 0.4) is 0 Å². The second-order valence-electron chi connectivity index (χ2n) is 5.72. The molecule has 0 unspecified atom stereocenters. The minimum atomic E-state index is -0.684. The van der Waals surface area contributed by atoms with Crippen LogP contribution < -0.4 is 16.2 Å². The van der Waals surface area contributed by atoms with Crippen molar-refractivity contribution in [2.45, 2.75) is 13.3 Å². The van der Waals surface area contributed by atoms with Crippen molar-refractivity contribution in [2.75, 3.05) is 11.9 Å². The summed E-state index contributed by atoms with van der Waals surface area (Å²) in [6.07, 6.45) is -0.0369. The summed E-state index contributed by atoms with van der Waals surface area (Å²) in [4.78, 5) is 46.3. The molecule has 0 fully saturated rings. The van der Waals surface area contributed by atoms with E-state index in [2.05, 4.69) is 16.2 Å². The van der Waals surface area contributed by atoms with E-state index in [0.717, 1.165) is 0 Å². The highest BCUT2D eigenvalue weighted by Crippen LogP contribution is 2.10. The SMILES string of the molecule is CC(=O)Nc1ccc(CC(=O)OCC(=O)NNC(=O)c2ccc(Cl)cc2)cc1. The van der Waals surface area contributed by atoms with Gasteiger partial charge in [-0.05, 0) is 42.0 Å². The van der Waals surface area contributed by atoms with E-state index in [1.165, 1.54) is 19.1 Å². The van der Waals surface area contributed by atoms with Crippen LogP contribution in [0.1, 0.15) is 22.8 Å². The molecule has 0 aromatic heterocycles. The van der Waals surface area contributed by atoms with Crippen LogP contribution >= 0.6 is 11.6 Å². The predicted octanol–water partition coefficient (Wildman–Crippen LogP) is 1.85. The molecular formula is C19H18ClN3O5. The molecule has 0 aliphatic heterocycles. The van der Waals surface area contributed by atoms with Gasteiger partial charge in [-0.3, -0.25) is 30.0 Å². The quantitative estimate of drug-likeness (QED) is 0.503. The fourth-order valence-electron chi connectivity index (χ4n) is 2.11. The topological polar surface area (TPSA) is 114 Å². The third-order valence-electron chi connectivity index (χ3n) is 3.41. The lowest BCUT2D eigenvalue weighted by atomic mass is 10.1. The van der Waals surface area contributed by atoms with Gasteiger partial charge < -0.3 is 10.1 Å². The molecule has 0 saturated heterocycles. The fourth-order valence-corrected chi connectivity index (χ4v) is 2.23. The Morgan fingerprint density at radius 1 is 0.929 bits per heavy atom. The Bertz CT molecular complexity index is 866. The lowest BCUT2D eigenvalue weighted by Gasteiger charge is -2.08. The zero-order valence-electron chi connectivity index (χ0n) is 15.0. The summed E-state index contributed by atoms with van der Waals surface area (Å²) in [7, 11) is 0. The molecule has 146 valence electrons. The number of carbonyl (C=O) groups is 4. The van der Waals surface area contributed by atoms with Crippen molar-refractivity contribution in [2.24, 2.45) is 0 Å². The largest absolute Gasteiger partial charge is 0.455 e. The van der Waals surface area contributed by atoms with Crippen LogP contribution in [0.4, 0.5) is 5.69 Å². The van der Waals surface area contributed by atoms with Gasteiger partial charge in [-0.1, -0.05) is 23.7 Å². The Kier molecular flexibility index (Phi) is 7.53. The maximum atomic E-state index is 11.8.